The Balaban J connectivity index is 3.72. The zero-order chi connectivity index (χ0) is 16.4. The van der Waals surface area contributed by atoms with Crippen LogP contribution in [0.15, 0.2) is 12.1 Å². The normalized spacial score (nSPS) is 12.2. The zero-order valence-corrected chi connectivity index (χ0v) is 10.9. The molecule has 0 unspecified atom stereocenters. The molecule has 0 atom stereocenters. The maximum absolute atomic E-state index is 12.9. The molecule has 21 heavy (non-hydrogen) atoms. The lowest BCUT2D eigenvalue weighted by molar-refractivity contribution is -0.144. The standard InChI is InChI=1S/C12H10F6O3/c1-3-21-10(19)9-7(11(13,14)15)4-6(20-2)5-8(9)12(16,17)18/h4-5H,3H2,1-2H3. The summed E-state index contributed by atoms with van der Waals surface area (Å²) in [5.41, 5.74) is -5.09. The number of halogens is 6. The molecule has 0 saturated carbocycles. The highest BCUT2D eigenvalue weighted by Gasteiger charge is 2.44. The van der Waals surface area contributed by atoms with Crippen molar-refractivity contribution in [3.63, 3.8) is 0 Å². The molecule has 0 amide bonds. The summed E-state index contributed by atoms with van der Waals surface area (Å²) in [6.07, 6.45) is -10.3. The second-order valence-corrected chi connectivity index (χ2v) is 3.81. The van der Waals surface area contributed by atoms with E-state index in [0.29, 0.717) is 12.1 Å². The van der Waals surface area contributed by atoms with Crippen LogP contribution in [0.2, 0.25) is 0 Å². The fraction of sp³-hybridized carbons (Fsp3) is 0.417. The maximum atomic E-state index is 12.9. The number of rotatable bonds is 3. The summed E-state index contributed by atoms with van der Waals surface area (Å²) in [4.78, 5) is 11.5. The van der Waals surface area contributed by atoms with Crippen molar-refractivity contribution in [3.05, 3.63) is 28.8 Å². The minimum atomic E-state index is -5.17. The molecule has 118 valence electrons. The minimum Gasteiger partial charge on any atom is -0.497 e. The van der Waals surface area contributed by atoms with Gasteiger partial charge in [-0.1, -0.05) is 0 Å². The van der Waals surface area contributed by atoms with Gasteiger partial charge < -0.3 is 9.47 Å². The smallest absolute Gasteiger partial charge is 0.417 e. The van der Waals surface area contributed by atoms with E-state index < -0.39 is 40.8 Å². The van der Waals surface area contributed by atoms with E-state index in [9.17, 15) is 31.1 Å². The number of carbonyl (C=O) groups is 1. The molecule has 0 heterocycles. The van der Waals surface area contributed by atoms with Crippen LogP contribution in [-0.4, -0.2) is 19.7 Å². The van der Waals surface area contributed by atoms with Gasteiger partial charge in [0.15, 0.2) is 0 Å². The Kier molecular flexibility index (Phi) is 4.75. The summed E-state index contributed by atoms with van der Waals surface area (Å²) in [5.74, 6) is -2.36. The molecule has 1 aromatic carbocycles. The molecular formula is C12H10F6O3. The fourth-order valence-electron chi connectivity index (χ4n) is 1.60. The summed E-state index contributed by atoms with van der Waals surface area (Å²) in [6.45, 7) is 0.904. The number of esters is 1. The molecule has 3 nitrogen and oxygen atoms in total. The van der Waals surface area contributed by atoms with E-state index >= 15 is 0 Å². The predicted molar refractivity (Wildman–Crippen MR) is 59.0 cm³/mol. The third kappa shape index (κ3) is 3.79. The number of alkyl halides is 6. The van der Waals surface area contributed by atoms with Crippen LogP contribution in [-0.2, 0) is 17.1 Å². The molecule has 0 radical (unpaired) electrons. The molecular weight excluding hydrogens is 306 g/mol. The second kappa shape index (κ2) is 5.82. The Morgan fingerprint density at radius 1 is 1.05 bits per heavy atom. The first kappa shape index (κ1) is 17.1. The van der Waals surface area contributed by atoms with Gasteiger partial charge in [-0.2, -0.15) is 26.3 Å². The van der Waals surface area contributed by atoms with Crippen molar-refractivity contribution in [2.24, 2.45) is 0 Å². The topological polar surface area (TPSA) is 35.5 Å². The summed E-state index contributed by atoms with van der Waals surface area (Å²) >= 11 is 0. The van der Waals surface area contributed by atoms with Gasteiger partial charge in [-0.05, 0) is 19.1 Å². The van der Waals surface area contributed by atoms with Crippen molar-refractivity contribution >= 4 is 5.97 Å². The molecule has 1 rings (SSSR count). The zero-order valence-electron chi connectivity index (χ0n) is 10.9. The van der Waals surface area contributed by atoms with Gasteiger partial charge in [0, 0.05) is 0 Å². The molecule has 0 spiro atoms. The lowest BCUT2D eigenvalue weighted by atomic mass is 9.99. The average molecular weight is 316 g/mol. The molecule has 0 aromatic heterocycles. The van der Waals surface area contributed by atoms with Crippen LogP contribution >= 0.6 is 0 Å². The van der Waals surface area contributed by atoms with E-state index in [2.05, 4.69) is 9.47 Å². The molecule has 1 aromatic rings. The maximum Gasteiger partial charge on any atom is 0.417 e. The highest BCUT2D eigenvalue weighted by atomic mass is 19.4. The molecule has 9 heteroatoms. The summed E-state index contributed by atoms with van der Waals surface area (Å²) in [5, 5.41) is 0. The van der Waals surface area contributed by atoms with Crippen LogP contribution in [0.1, 0.15) is 28.4 Å². The lowest BCUT2D eigenvalue weighted by Crippen LogP contribution is -2.22. The number of benzene rings is 1. The Morgan fingerprint density at radius 2 is 1.48 bits per heavy atom. The van der Waals surface area contributed by atoms with Crippen molar-refractivity contribution in [2.75, 3.05) is 13.7 Å². The van der Waals surface area contributed by atoms with Crippen LogP contribution < -0.4 is 4.74 Å². The number of hydrogen-bond donors (Lipinski definition) is 0. The van der Waals surface area contributed by atoms with E-state index in [0.717, 1.165) is 7.11 Å². The van der Waals surface area contributed by atoms with E-state index in [1.807, 2.05) is 0 Å². The Morgan fingerprint density at radius 3 is 1.76 bits per heavy atom. The third-order valence-electron chi connectivity index (χ3n) is 2.44. The largest absolute Gasteiger partial charge is 0.497 e. The highest BCUT2D eigenvalue weighted by Crippen LogP contribution is 2.42. The van der Waals surface area contributed by atoms with E-state index in [4.69, 9.17) is 0 Å². The van der Waals surface area contributed by atoms with Crippen molar-refractivity contribution in [1.82, 2.24) is 0 Å². The summed E-state index contributed by atoms with van der Waals surface area (Å²) in [6, 6.07) is 0.642. The molecule has 0 N–H and O–H groups in total. The van der Waals surface area contributed by atoms with Crippen molar-refractivity contribution in [1.29, 1.82) is 0 Å². The number of ether oxygens (including phenoxy) is 2. The molecule has 0 aliphatic carbocycles. The van der Waals surface area contributed by atoms with Gasteiger partial charge in [0.05, 0.1) is 30.4 Å². The predicted octanol–water partition coefficient (Wildman–Crippen LogP) is 3.91. The number of hydrogen-bond acceptors (Lipinski definition) is 3. The van der Waals surface area contributed by atoms with Crippen LogP contribution in [0.4, 0.5) is 26.3 Å². The Bertz CT molecular complexity index is 498. The van der Waals surface area contributed by atoms with Gasteiger partial charge >= 0.3 is 18.3 Å². The Labute approximate surface area is 115 Å². The number of carbonyl (C=O) groups excluding carboxylic acids is 1. The van der Waals surface area contributed by atoms with Crippen LogP contribution in [0, 0.1) is 0 Å². The lowest BCUT2D eigenvalue weighted by Gasteiger charge is -2.19. The summed E-state index contributed by atoms with van der Waals surface area (Å²) in [7, 11) is 0.916. The number of methoxy groups -OCH3 is 1. The van der Waals surface area contributed by atoms with E-state index in [-0.39, 0.29) is 6.61 Å². The van der Waals surface area contributed by atoms with Gasteiger partial charge in [0.2, 0.25) is 0 Å². The first-order chi connectivity index (χ1) is 9.52. The Hall–Kier alpha value is -1.93. The van der Waals surface area contributed by atoms with Gasteiger partial charge in [0.25, 0.3) is 0 Å². The minimum absolute atomic E-state index is 0.321. The fourth-order valence-corrected chi connectivity index (χ4v) is 1.60. The van der Waals surface area contributed by atoms with Crippen molar-refractivity contribution < 1.29 is 40.6 Å². The molecule has 0 aliphatic heterocycles. The van der Waals surface area contributed by atoms with Crippen LogP contribution in [0.3, 0.4) is 0 Å². The van der Waals surface area contributed by atoms with Gasteiger partial charge in [-0.25, -0.2) is 4.79 Å². The van der Waals surface area contributed by atoms with Gasteiger partial charge in [0.1, 0.15) is 5.75 Å². The van der Waals surface area contributed by atoms with Crippen molar-refractivity contribution in [2.45, 2.75) is 19.3 Å². The van der Waals surface area contributed by atoms with Gasteiger partial charge in [-0.15, -0.1) is 0 Å². The summed E-state index contributed by atoms with van der Waals surface area (Å²) < 4.78 is 86.1. The van der Waals surface area contributed by atoms with Gasteiger partial charge in [-0.3, -0.25) is 0 Å². The van der Waals surface area contributed by atoms with Crippen LogP contribution in [0.25, 0.3) is 0 Å². The van der Waals surface area contributed by atoms with E-state index in [1.54, 1.807) is 0 Å². The molecule has 0 fully saturated rings. The molecule has 0 saturated heterocycles. The molecule has 0 aliphatic rings. The first-order valence-corrected chi connectivity index (χ1v) is 5.55. The SMILES string of the molecule is CCOC(=O)c1c(C(F)(F)F)cc(OC)cc1C(F)(F)F. The van der Waals surface area contributed by atoms with Crippen LogP contribution in [0.5, 0.6) is 5.75 Å². The first-order valence-electron chi connectivity index (χ1n) is 5.55. The second-order valence-electron chi connectivity index (χ2n) is 3.81. The average Bonchev–Trinajstić information content (AvgIpc) is 2.35. The quantitative estimate of drug-likeness (QED) is 0.626. The van der Waals surface area contributed by atoms with Crippen molar-refractivity contribution in [3.8, 4) is 5.75 Å². The molecule has 0 bridgehead atoms. The monoisotopic (exact) mass is 316 g/mol. The van der Waals surface area contributed by atoms with E-state index in [1.165, 1.54) is 6.92 Å². The third-order valence-corrected chi connectivity index (χ3v) is 2.44. The highest BCUT2D eigenvalue weighted by molar-refractivity contribution is 5.93.